The maximum absolute atomic E-state index is 11.8. The maximum atomic E-state index is 11.8. The standard InChI is InChI=1S/C16H18BrN5O2S/c1-2-24-7-3-6-18-13(23)9-25-16-20-15-14(21-22-16)11-8-10(17)4-5-12(11)19-15/h4-5,8H,2-3,6-7,9H2,1H3,(H,18,23)(H,19,20,22). The molecule has 9 heteroatoms. The summed E-state index contributed by atoms with van der Waals surface area (Å²) in [6.07, 6.45) is 0.804. The Morgan fingerprint density at radius 1 is 1.40 bits per heavy atom. The van der Waals surface area contributed by atoms with Crippen molar-refractivity contribution in [3.05, 3.63) is 22.7 Å². The number of hydrogen-bond acceptors (Lipinski definition) is 6. The first-order valence-electron chi connectivity index (χ1n) is 7.96. The molecule has 0 aliphatic rings. The molecular formula is C16H18BrN5O2S. The average Bonchev–Trinajstić information content (AvgIpc) is 2.97. The van der Waals surface area contributed by atoms with Gasteiger partial charge in [0, 0.05) is 35.1 Å². The van der Waals surface area contributed by atoms with Crippen LogP contribution in [0.3, 0.4) is 0 Å². The first kappa shape index (κ1) is 18.1. The van der Waals surface area contributed by atoms with Crippen LogP contribution in [0.15, 0.2) is 27.8 Å². The number of amides is 1. The molecule has 25 heavy (non-hydrogen) atoms. The lowest BCUT2D eigenvalue weighted by Gasteiger charge is -2.04. The minimum Gasteiger partial charge on any atom is -0.382 e. The lowest BCUT2D eigenvalue weighted by atomic mass is 10.2. The molecule has 0 saturated heterocycles. The van der Waals surface area contributed by atoms with E-state index in [0.717, 1.165) is 27.3 Å². The predicted molar refractivity (Wildman–Crippen MR) is 102 cm³/mol. The van der Waals surface area contributed by atoms with Gasteiger partial charge in [-0.05, 0) is 31.5 Å². The molecule has 3 aromatic rings. The van der Waals surface area contributed by atoms with Crippen LogP contribution < -0.4 is 5.32 Å². The van der Waals surface area contributed by atoms with Gasteiger partial charge < -0.3 is 15.0 Å². The number of aromatic nitrogens is 4. The smallest absolute Gasteiger partial charge is 0.230 e. The van der Waals surface area contributed by atoms with E-state index in [0.29, 0.717) is 30.6 Å². The summed E-state index contributed by atoms with van der Waals surface area (Å²) in [5, 5.41) is 12.7. The number of benzene rings is 1. The number of hydrogen-bond donors (Lipinski definition) is 2. The number of ether oxygens (including phenoxy) is 1. The third-order valence-electron chi connectivity index (χ3n) is 3.48. The van der Waals surface area contributed by atoms with Gasteiger partial charge in [-0.3, -0.25) is 4.79 Å². The molecule has 2 heterocycles. The third-order valence-corrected chi connectivity index (χ3v) is 4.81. The molecular weight excluding hydrogens is 406 g/mol. The van der Waals surface area contributed by atoms with Gasteiger partial charge in [-0.25, -0.2) is 4.98 Å². The Balaban J connectivity index is 1.59. The molecule has 0 aliphatic heterocycles. The molecule has 2 aromatic heterocycles. The molecule has 0 spiro atoms. The van der Waals surface area contributed by atoms with Crippen molar-refractivity contribution in [2.75, 3.05) is 25.5 Å². The summed E-state index contributed by atoms with van der Waals surface area (Å²) in [5.74, 6) is 0.207. The number of fused-ring (bicyclic) bond motifs is 3. The summed E-state index contributed by atoms with van der Waals surface area (Å²) in [6.45, 7) is 3.91. The van der Waals surface area contributed by atoms with E-state index in [-0.39, 0.29) is 11.7 Å². The van der Waals surface area contributed by atoms with Gasteiger partial charge in [0.15, 0.2) is 5.65 Å². The molecule has 0 fully saturated rings. The minimum atomic E-state index is -0.0502. The summed E-state index contributed by atoms with van der Waals surface area (Å²) in [7, 11) is 0. The molecule has 7 nitrogen and oxygen atoms in total. The van der Waals surface area contributed by atoms with Gasteiger partial charge in [-0.2, -0.15) is 0 Å². The Morgan fingerprint density at radius 3 is 3.12 bits per heavy atom. The van der Waals surface area contributed by atoms with E-state index in [1.165, 1.54) is 11.8 Å². The number of nitrogens with zero attached hydrogens (tertiary/aromatic N) is 3. The molecule has 3 rings (SSSR count). The highest BCUT2D eigenvalue weighted by atomic mass is 79.9. The van der Waals surface area contributed by atoms with Crippen molar-refractivity contribution in [3.63, 3.8) is 0 Å². The maximum Gasteiger partial charge on any atom is 0.230 e. The highest BCUT2D eigenvalue weighted by Gasteiger charge is 2.11. The first-order chi connectivity index (χ1) is 12.2. The number of nitrogens with one attached hydrogen (secondary N) is 2. The zero-order chi connectivity index (χ0) is 17.6. The van der Waals surface area contributed by atoms with Crippen LogP contribution in [0.25, 0.3) is 22.1 Å². The minimum absolute atomic E-state index is 0.0502. The SMILES string of the molecule is CCOCCCNC(=O)CSc1nnc2c(n1)[nH]c1ccc(Br)cc12. The second-order valence-corrected chi connectivity index (χ2v) is 7.15. The molecule has 0 aliphatic carbocycles. The quantitative estimate of drug-likeness (QED) is 0.427. The molecule has 0 atom stereocenters. The van der Waals surface area contributed by atoms with E-state index < -0.39 is 0 Å². The van der Waals surface area contributed by atoms with Crippen molar-refractivity contribution in [1.82, 2.24) is 25.5 Å². The van der Waals surface area contributed by atoms with E-state index in [9.17, 15) is 4.79 Å². The van der Waals surface area contributed by atoms with Gasteiger partial charge in [0.1, 0.15) is 5.52 Å². The van der Waals surface area contributed by atoms with E-state index in [2.05, 4.69) is 41.4 Å². The number of rotatable bonds is 8. The Bertz CT molecular complexity index is 885. The Hall–Kier alpha value is -1.71. The fourth-order valence-corrected chi connectivity index (χ4v) is 3.30. The number of halogens is 1. The number of thioether (sulfide) groups is 1. The average molecular weight is 424 g/mol. The van der Waals surface area contributed by atoms with Crippen molar-refractivity contribution in [1.29, 1.82) is 0 Å². The van der Waals surface area contributed by atoms with Crippen LogP contribution >= 0.6 is 27.7 Å². The van der Waals surface area contributed by atoms with Gasteiger partial charge in [0.05, 0.1) is 5.75 Å². The van der Waals surface area contributed by atoms with Crippen LogP contribution in [-0.2, 0) is 9.53 Å². The van der Waals surface area contributed by atoms with E-state index in [4.69, 9.17) is 4.74 Å². The lowest BCUT2D eigenvalue weighted by Crippen LogP contribution is -2.27. The summed E-state index contributed by atoms with van der Waals surface area (Å²) in [5.41, 5.74) is 2.35. The van der Waals surface area contributed by atoms with Crippen molar-refractivity contribution >= 4 is 55.7 Å². The molecule has 0 saturated carbocycles. The molecule has 0 bridgehead atoms. The zero-order valence-corrected chi connectivity index (χ0v) is 16.1. The molecule has 0 unspecified atom stereocenters. The lowest BCUT2D eigenvalue weighted by molar-refractivity contribution is -0.118. The highest BCUT2D eigenvalue weighted by Crippen LogP contribution is 2.26. The van der Waals surface area contributed by atoms with Gasteiger partial charge in [-0.15, -0.1) is 10.2 Å². The second kappa shape index (κ2) is 8.59. The molecule has 1 amide bonds. The van der Waals surface area contributed by atoms with Gasteiger partial charge in [0.2, 0.25) is 11.1 Å². The normalized spacial score (nSPS) is 11.3. The summed E-state index contributed by atoms with van der Waals surface area (Å²) in [4.78, 5) is 19.5. The van der Waals surface area contributed by atoms with Crippen LogP contribution in [0, 0.1) is 0 Å². The largest absolute Gasteiger partial charge is 0.382 e. The monoisotopic (exact) mass is 423 g/mol. The number of aromatic amines is 1. The second-order valence-electron chi connectivity index (χ2n) is 5.30. The van der Waals surface area contributed by atoms with Crippen molar-refractivity contribution in [2.45, 2.75) is 18.5 Å². The molecule has 2 N–H and O–H groups in total. The highest BCUT2D eigenvalue weighted by molar-refractivity contribution is 9.10. The van der Waals surface area contributed by atoms with Crippen molar-refractivity contribution in [2.24, 2.45) is 0 Å². The van der Waals surface area contributed by atoms with Crippen molar-refractivity contribution < 1.29 is 9.53 Å². The van der Waals surface area contributed by atoms with Crippen LogP contribution in [0.4, 0.5) is 0 Å². The van der Waals surface area contributed by atoms with Crippen LogP contribution in [0.5, 0.6) is 0 Å². The fraction of sp³-hybridized carbons (Fsp3) is 0.375. The molecule has 0 radical (unpaired) electrons. The topological polar surface area (TPSA) is 92.8 Å². The zero-order valence-electron chi connectivity index (χ0n) is 13.7. The summed E-state index contributed by atoms with van der Waals surface area (Å²) in [6, 6.07) is 5.90. The predicted octanol–water partition coefficient (Wildman–Crippen LogP) is 2.90. The molecule has 132 valence electrons. The van der Waals surface area contributed by atoms with Crippen LogP contribution in [-0.4, -0.2) is 51.6 Å². The first-order valence-corrected chi connectivity index (χ1v) is 9.74. The summed E-state index contributed by atoms with van der Waals surface area (Å²) >= 11 is 4.72. The van der Waals surface area contributed by atoms with E-state index in [1.807, 2.05) is 25.1 Å². The van der Waals surface area contributed by atoms with E-state index in [1.54, 1.807) is 0 Å². The van der Waals surface area contributed by atoms with Crippen LogP contribution in [0.2, 0.25) is 0 Å². The molecule has 1 aromatic carbocycles. The number of carbonyl (C=O) groups is 1. The van der Waals surface area contributed by atoms with E-state index >= 15 is 0 Å². The third kappa shape index (κ3) is 4.68. The number of H-pyrrole nitrogens is 1. The Kier molecular flexibility index (Phi) is 6.22. The summed E-state index contributed by atoms with van der Waals surface area (Å²) < 4.78 is 6.20. The van der Waals surface area contributed by atoms with Crippen molar-refractivity contribution in [3.8, 4) is 0 Å². The van der Waals surface area contributed by atoms with Gasteiger partial charge in [-0.1, -0.05) is 27.7 Å². The Morgan fingerprint density at radius 2 is 2.28 bits per heavy atom. The Labute approximate surface area is 157 Å². The number of carbonyl (C=O) groups excluding carboxylic acids is 1. The fourth-order valence-electron chi connectivity index (χ4n) is 2.32. The van der Waals surface area contributed by atoms with Crippen LogP contribution in [0.1, 0.15) is 13.3 Å². The van der Waals surface area contributed by atoms with Gasteiger partial charge >= 0.3 is 0 Å². The van der Waals surface area contributed by atoms with Gasteiger partial charge in [0.25, 0.3) is 0 Å².